The van der Waals surface area contributed by atoms with E-state index in [0.29, 0.717) is 11.1 Å². The largest absolute Gasteiger partial charge is 0.497 e. The Morgan fingerprint density at radius 3 is 2.52 bits per heavy atom. The van der Waals surface area contributed by atoms with Crippen molar-refractivity contribution in [3.8, 4) is 5.75 Å². The minimum atomic E-state index is -1.29. The van der Waals surface area contributed by atoms with Crippen LogP contribution in [0.5, 0.6) is 5.75 Å². The molecule has 108 valence electrons. The van der Waals surface area contributed by atoms with Gasteiger partial charge in [-0.15, -0.1) is 0 Å². The summed E-state index contributed by atoms with van der Waals surface area (Å²) in [5, 5.41) is 10.8. The van der Waals surface area contributed by atoms with E-state index >= 15 is 0 Å². The Morgan fingerprint density at radius 1 is 1.14 bits per heavy atom. The third-order valence-corrected chi connectivity index (χ3v) is 3.61. The van der Waals surface area contributed by atoms with Crippen LogP contribution in [0, 0.1) is 6.92 Å². The first kappa shape index (κ1) is 13.6. The van der Waals surface area contributed by atoms with Crippen LogP contribution >= 0.6 is 0 Å². The maximum absolute atomic E-state index is 10.8. The molecule has 1 N–H and O–H groups in total. The van der Waals surface area contributed by atoms with Crippen LogP contribution in [0.4, 0.5) is 0 Å². The smallest absolute Gasteiger partial charge is 0.231 e. The monoisotopic (exact) mass is 283 g/mol. The molecule has 0 bridgehead atoms. The van der Waals surface area contributed by atoms with E-state index in [0.717, 1.165) is 16.8 Å². The van der Waals surface area contributed by atoms with Gasteiger partial charge in [-0.05, 0) is 49.2 Å². The van der Waals surface area contributed by atoms with Gasteiger partial charge in [0, 0.05) is 0 Å². The van der Waals surface area contributed by atoms with Crippen molar-refractivity contribution in [3.63, 3.8) is 0 Å². The second-order valence-electron chi connectivity index (χ2n) is 5.29. The maximum atomic E-state index is 10.8. The first-order valence-corrected chi connectivity index (χ1v) is 6.75. The molecule has 4 heteroatoms. The van der Waals surface area contributed by atoms with Crippen LogP contribution < -0.4 is 4.74 Å². The Kier molecular flexibility index (Phi) is 3.18. The summed E-state index contributed by atoms with van der Waals surface area (Å²) in [6.45, 7) is 3.67. The summed E-state index contributed by atoms with van der Waals surface area (Å²) in [7, 11) is 1.61. The third kappa shape index (κ3) is 2.38. The summed E-state index contributed by atoms with van der Waals surface area (Å²) >= 11 is 0. The first-order valence-electron chi connectivity index (χ1n) is 6.75. The Labute approximate surface area is 123 Å². The lowest BCUT2D eigenvalue weighted by atomic mass is 9.96. The fourth-order valence-electron chi connectivity index (χ4n) is 2.28. The summed E-state index contributed by atoms with van der Waals surface area (Å²) in [5.41, 5.74) is 1.93. The predicted octanol–water partition coefficient (Wildman–Crippen LogP) is 3.40. The van der Waals surface area contributed by atoms with Crippen molar-refractivity contribution < 1.29 is 14.3 Å². The number of oxazole rings is 1. The summed E-state index contributed by atoms with van der Waals surface area (Å²) in [6.07, 6.45) is 0. The third-order valence-electron chi connectivity index (χ3n) is 3.61. The highest BCUT2D eigenvalue weighted by Gasteiger charge is 2.31. The van der Waals surface area contributed by atoms with Gasteiger partial charge >= 0.3 is 0 Å². The van der Waals surface area contributed by atoms with Gasteiger partial charge in [0.15, 0.2) is 11.2 Å². The topological polar surface area (TPSA) is 55.5 Å². The molecule has 0 saturated carbocycles. The summed E-state index contributed by atoms with van der Waals surface area (Å²) in [6, 6.07) is 13.0. The zero-order chi connectivity index (χ0) is 15.0. The standard InChI is InChI=1S/C17H17NO3/c1-11-4-9-15-14(10-11)18-16(21-15)17(2,19)12-5-7-13(20-3)8-6-12/h4-10,19H,1-3H3. The molecule has 0 radical (unpaired) electrons. The average Bonchev–Trinajstić information content (AvgIpc) is 2.91. The summed E-state index contributed by atoms with van der Waals surface area (Å²) in [5.74, 6) is 1.02. The molecule has 2 aromatic carbocycles. The molecule has 1 unspecified atom stereocenters. The second-order valence-corrected chi connectivity index (χ2v) is 5.29. The number of nitrogens with zero attached hydrogens (tertiary/aromatic N) is 1. The zero-order valence-corrected chi connectivity index (χ0v) is 12.3. The van der Waals surface area contributed by atoms with E-state index in [1.165, 1.54) is 0 Å². The number of hydrogen-bond donors (Lipinski definition) is 1. The molecule has 0 aliphatic carbocycles. The molecular weight excluding hydrogens is 266 g/mol. The SMILES string of the molecule is COc1ccc(C(C)(O)c2nc3cc(C)ccc3o2)cc1. The van der Waals surface area contributed by atoms with Crippen LogP contribution in [0.15, 0.2) is 46.9 Å². The van der Waals surface area contributed by atoms with Crippen molar-refractivity contribution in [1.29, 1.82) is 0 Å². The molecule has 1 atom stereocenters. The molecule has 21 heavy (non-hydrogen) atoms. The van der Waals surface area contributed by atoms with Gasteiger partial charge in [0.05, 0.1) is 7.11 Å². The van der Waals surface area contributed by atoms with Crippen molar-refractivity contribution in [2.75, 3.05) is 7.11 Å². The lowest BCUT2D eigenvalue weighted by Gasteiger charge is -2.20. The fraction of sp³-hybridized carbons (Fsp3) is 0.235. The van der Waals surface area contributed by atoms with Gasteiger partial charge in [-0.2, -0.15) is 0 Å². The van der Waals surface area contributed by atoms with E-state index in [-0.39, 0.29) is 5.89 Å². The molecule has 3 aromatic rings. The number of hydrogen-bond acceptors (Lipinski definition) is 4. The van der Waals surface area contributed by atoms with Crippen LogP contribution in [0.2, 0.25) is 0 Å². The van der Waals surface area contributed by atoms with Gasteiger partial charge in [-0.25, -0.2) is 4.98 Å². The van der Waals surface area contributed by atoms with Crippen molar-refractivity contribution in [3.05, 3.63) is 59.5 Å². The fourth-order valence-corrected chi connectivity index (χ4v) is 2.28. The van der Waals surface area contributed by atoms with Gasteiger partial charge in [-0.3, -0.25) is 0 Å². The van der Waals surface area contributed by atoms with E-state index in [1.807, 2.05) is 25.1 Å². The van der Waals surface area contributed by atoms with E-state index in [9.17, 15) is 5.11 Å². The van der Waals surface area contributed by atoms with Gasteiger partial charge in [-0.1, -0.05) is 18.2 Å². The van der Waals surface area contributed by atoms with Crippen molar-refractivity contribution in [2.45, 2.75) is 19.4 Å². The number of aromatic nitrogens is 1. The Morgan fingerprint density at radius 2 is 1.86 bits per heavy atom. The summed E-state index contributed by atoms with van der Waals surface area (Å²) < 4.78 is 10.8. The highest BCUT2D eigenvalue weighted by atomic mass is 16.5. The summed E-state index contributed by atoms with van der Waals surface area (Å²) in [4.78, 5) is 4.42. The van der Waals surface area contributed by atoms with E-state index < -0.39 is 5.60 Å². The molecule has 0 saturated heterocycles. The number of fused-ring (bicyclic) bond motifs is 1. The lowest BCUT2D eigenvalue weighted by Crippen LogP contribution is -2.23. The number of benzene rings is 2. The predicted molar refractivity (Wildman–Crippen MR) is 80.4 cm³/mol. The number of aryl methyl sites for hydroxylation is 1. The Balaban J connectivity index is 2.05. The highest BCUT2D eigenvalue weighted by molar-refractivity contribution is 5.73. The van der Waals surface area contributed by atoms with E-state index in [1.54, 1.807) is 38.3 Å². The van der Waals surface area contributed by atoms with Gasteiger partial charge in [0.1, 0.15) is 11.3 Å². The molecule has 1 aromatic heterocycles. The Hall–Kier alpha value is -2.33. The number of methoxy groups -OCH3 is 1. The number of aliphatic hydroxyl groups is 1. The maximum Gasteiger partial charge on any atom is 0.231 e. The van der Waals surface area contributed by atoms with Crippen molar-refractivity contribution in [1.82, 2.24) is 4.98 Å². The molecule has 0 aliphatic rings. The first-order chi connectivity index (χ1) is 10.0. The quantitative estimate of drug-likeness (QED) is 0.800. The molecular formula is C17H17NO3. The molecule has 1 heterocycles. The van der Waals surface area contributed by atoms with Crippen molar-refractivity contribution >= 4 is 11.1 Å². The van der Waals surface area contributed by atoms with Crippen LogP contribution in [0.25, 0.3) is 11.1 Å². The van der Waals surface area contributed by atoms with Gasteiger partial charge in [0.25, 0.3) is 0 Å². The molecule has 3 rings (SSSR count). The molecule has 0 spiro atoms. The number of ether oxygens (including phenoxy) is 1. The normalized spacial score (nSPS) is 14.1. The van der Waals surface area contributed by atoms with Crippen LogP contribution in [-0.4, -0.2) is 17.2 Å². The van der Waals surface area contributed by atoms with Crippen LogP contribution in [0.3, 0.4) is 0 Å². The second kappa shape index (κ2) is 4.90. The molecule has 0 aliphatic heterocycles. The zero-order valence-electron chi connectivity index (χ0n) is 12.3. The van der Waals surface area contributed by atoms with Gasteiger partial charge in [0.2, 0.25) is 5.89 Å². The molecule has 0 amide bonds. The highest BCUT2D eigenvalue weighted by Crippen LogP contribution is 2.32. The number of rotatable bonds is 3. The average molecular weight is 283 g/mol. The van der Waals surface area contributed by atoms with Crippen LogP contribution in [-0.2, 0) is 5.60 Å². The van der Waals surface area contributed by atoms with E-state index in [4.69, 9.17) is 9.15 Å². The van der Waals surface area contributed by atoms with E-state index in [2.05, 4.69) is 4.98 Å². The minimum Gasteiger partial charge on any atom is -0.497 e. The lowest BCUT2D eigenvalue weighted by molar-refractivity contribution is 0.0726. The molecule has 0 fully saturated rings. The Bertz CT molecular complexity index is 772. The molecule has 4 nitrogen and oxygen atoms in total. The van der Waals surface area contributed by atoms with Gasteiger partial charge < -0.3 is 14.3 Å². The van der Waals surface area contributed by atoms with Crippen LogP contribution in [0.1, 0.15) is 23.9 Å². The minimum absolute atomic E-state index is 0.285. The van der Waals surface area contributed by atoms with Crippen molar-refractivity contribution in [2.24, 2.45) is 0 Å².